The molecule has 0 saturated carbocycles. The number of rotatable bonds is 4. The monoisotopic (exact) mass is 232 g/mol. The van der Waals surface area contributed by atoms with Crippen LogP contribution in [0.4, 0.5) is 0 Å². The Kier molecular flexibility index (Phi) is 4.24. The predicted molar refractivity (Wildman–Crippen MR) is 64.4 cm³/mol. The summed E-state index contributed by atoms with van der Waals surface area (Å²) in [6.45, 7) is 3.37. The maximum atomic E-state index is 11.8. The summed E-state index contributed by atoms with van der Waals surface area (Å²) >= 11 is 0. The number of nitriles is 1. The van der Waals surface area contributed by atoms with Gasteiger partial charge in [0.25, 0.3) is 5.91 Å². The molecule has 90 valence electrons. The Hall–Kier alpha value is -1.86. The van der Waals surface area contributed by atoms with E-state index in [0.717, 1.165) is 5.56 Å². The van der Waals surface area contributed by atoms with Crippen molar-refractivity contribution in [3.8, 4) is 6.07 Å². The highest BCUT2D eigenvalue weighted by molar-refractivity contribution is 5.94. The number of carbonyl (C=O) groups excluding carboxylic acids is 1. The van der Waals surface area contributed by atoms with Crippen molar-refractivity contribution in [2.75, 3.05) is 6.61 Å². The van der Waals surface area contributed by atoms with E-state index in [1.54, 1.807) is 38.1 Å². The van der Waals surface area contributed by atoms with Crippen LogP contribution in [0.5, 0.6) is 0 Å². The molecule has 0 atom stereocenters. The third-order valence-corrected chi connectivity index (χ3v) is 2.35. The zero-order valence-electron chi connectivity index (χ0n) is 10.0. The summed E-state index contributed by atoms with van der Waals surface area (Å²) in [6, 6.07) is 8.91. The van der Waals surface area contributed by atoms with Crippen LogP contribution in [0.2, 0.25) is 0 Å². The molecule has 0 spiro atoms. The minimum atomic E-state index is -0.636. The van der Waals surface area contributed by atoms with E-state index in [-0.39, 0.29) is 12.5 Å². The molecular formula is C13H16N2O2. The van der Waals surface area contributed by atoms with Gasteiger partial charge in [-0.15, -0.1) is 0 Å². The molecule has 0 fully saturated rings. The summed E-state index contributed by atoms with van der Waals surface area (Å²) in [7, 11) is 0. The van der Waals surface area contributed by atoms with Crippen molar-refractivity contribution < 1.29 is 9.90 Å². The molecule has 1 rings (SSSR count). The van der Waals surface area contributed by atoms with Crippen LogP contribution in [0, 0.1) is 11.3 Å². The van der Waals surface area contributed by atoms with Gasteiger partial charge in [-0.2, -0.15) is 5.26 Å². The molecule has 4 heteroatoms. The first-order valence-electron chi connectivity index (χ1n) is 5.38. The Bertz CT molecular complexity index is 430. The van der Waals surface area contributed by atoms with Crippen molar-refractivity contribution in [1.29, 1.82) is 5.26 Å². The van der Waals surface area contributed by atoms with Gasteiger partial charge >= 0.3 is 0 Å². The second-order valence-electron chi connectivity index (χ2n) is 4.53. The molecule has 1 aromatic carbocycles. The Balaban J connectivity index is 2.74. The number of carbonyl (C=O) groups is 1. The van der Waals surface area contributed by atoms with Gasteiger partial charge in [0.1, 0.15) is 0 Å². The van der Waals surface area contributed by atoms with E-state index in [9.17, 15) is 4.79 Å². The molecule has 0 aliphatic carbocycles. The van der Waals surface area contributed by atoms with Gasteiger partial charge in [0.15, 0.2) is 0 Å². The maximum absolute atomic E-state index is 11.8. The summed E-state index contributed by atoms with van der Waals surface area (Å²) in [5, 5.41) is 20.3. The van der Waals surface area contributed by atoms with Crippen LogP contribution in [0.15, 0.2) is 24.3 Å². The number of hydrogen-bond donors (Lipinski definition) is 2. The lowest BCUT2D eigenvalue weighted by atomic mass is 10.1. The van der Waals surface area contributed by atoms with E-state index in [0.29, 0.717) is 12.0 Å². The summed E-state index contributed by atoms with van der Waals surface area (Å²) in [5.41, 5.74) is 0.765. The zero-order valence-corrected chi connectivity index (χ0v) is 10.0. The van der Waals surface area contributed by atoms with Crippen LogP contribution in [0.1, 0.15) is 29.8 Å². The summed E-state index contributed by atoms with van der Waals surface area (Å²) < 4.78 is 0. The van der Waals surface area contributed by atoms with Gasteiger partial charge in [0.2, 0.25) is 0 Å². The minimum absolute atomic E-state index is 0.120. The SMILES string of the molecule is CC(C)(CO)NC(=O)c1ccc(CC#N)cc1. The van der Waals surface area contributed by atoms with Crippen molar-refractivity contribution >= 4 is 5.91 Å². The zero-order chi connectivity index (χ0) is 12.9. The van der Waals surface area contributed by atoms with E-state index in [4.69, 9.17) is 10.4 Å². The molecule has 0 bridgehead atoms. The maximum Gasteiger partial charge on any atom is 0.251 e. The number of aliphatic hydroxyl groups is 1. The van der Waals surface area contributed by atoms with Gasteiger partial charge in [-0.05, 0) is 31.5 Å². The summed E-state index contributed by atoms with van der Waals surface area (Å²) in [5.74, 6) is -0.229. The lowest BCUT2D eigenvalue weighted by molar-refractivity contribution is 0.0869. The normalized spacial score (nSPS) is 10.7. The number of aliphatic hydroxyl groups excluding tert-OH is 1. The third-order valence-electron chi connectivity index (χ3n) is 2.35. The van der Waals surface area contributed by atoms with Gasteiger partial charge in [-0.1, -0.05) is 12.1 Å². The van der Waals surface area contributed by atoms with Gasteiger partial charge in [0, 0.05) is 5.56 Å². The topological polar surface area (TPSA) is 73.1 Å². The van der Waals surface area contributed by atoms with Gasteiger partial charge < -0.3 is 10.4 Å². The third kappa shape index (κ3) is 3.89. The first kappa shape index (κ1) is 13.2. The Labute approximate surface area is 101 Å². The predicted octanol–water partition coefficient (Wildman–Crippen LogP) is 1.25. The molecule has 0 unspecified atom stereocenters. The molecule has 0 radical (unpaired) electrons. The molecule has 0 aliphatic heterocycles. The number of amides is 1. The van der Waals surface area contributed by atoms with Crippen molar-refractivity contribution in [2.45, 2.75) is 25.8 Å². The van der Waals surface area contributed by atoms with Gasteiger partial charge in [0.05, 0.1) is 24.6 Å². The van der Waals surface area contributed by atoms with E-state index in [1.165, 1.54) is 0 Å². The van der Waals surface area contributed by atoms with E-state index in [2.05, 4.69) is 5.32 Å². The fourth-order valence-corrected chi connectivity index (χ4v) is 1.28. The Morgan fingerprint density at radius 2 is 2.00 bits per heavy atom. The number of hydrogen-bond acceptors (Lipinski definition) is 3. The van der Waals surface area contributed by atoms with Crippen molar-refractivity contribution in [3.05, 3.63) is 35.4 Å². The average Bonchev–Trinajstić information content (AvgIpc) is 2.30. The molecule has 1 amide bonds. The van der Waals surface area contributed by atoms with Crippen molar-refractivity contribution in [3.63, 3.8) is 0 Å². The molecule has 2 N–H and O–H groups in total. The average molecular weight is 232 g/mol. The number of nitrogens with zero attached hydrogens (tertiary/aromatic N) is 1. The van der Waals surface area contributed by atoms with Crippen molar-refractivity contribution in [2.24, 2.45) is 0 Å². The van der Waals surface area contributed by atoms with E-state index in [1.807, 2.05) is 6.07 Å². The van der Waals surface area contributed by atoms with Crippen LogP contribution in [-0.4, -0.2) is 23.2 Å². The van der Waals surface area contributed by atoms with Gasteiger partial charge in [-0.3, -0.25) is 4.79 Å². The summed E-state index contributed by atoms with van der Waals surface area (Å²) in [4.78, 5) is 11.8. The lowest BCUT2D eigenvalue weighted by Gasteiger charge is -2.23. The molecule has 0 aromatic heterocycles. The molecule has 0 saturated heterocycles. The largest absolute Gasteiger partial charge is 0.394 e. The van der Waals surface area contributed by atoms with Gasteiger partial charge in [-0.25, -0.2) is 0 Å². The number of nitrogens with one attached hydrogen (secondary N) is 1. The van der Waals surface area contributed by atoms with Crippen LogP contribution in [-0.2, 0) is 6.42 Å². The fraction of sp³-hybridized carbons (Fsp3) is 0.385. The highest BCUT2D eigenvalue weighted by atomic mass is 16.3. The minimum Gasteiger partial charge on any atom is -0.394 e. The Morgan fingerprint density at radius 1 is 1.41 bits per heavy atom. The molecular weight excluding hydrogens is 216 g/mol. The molecule has 1 aromatic rings. The standard InChI is InChI=1S/C13H16N2O2/c1-13(2,9-16)15-12(17)11-5-3-10(4-6-11)7-8-14/h3-6,16H,7,9H2,1-2H3,(H,15,17). The molecule has 17 heavy (non-hydrogen) atoms. The second-order valence-corrected chi connectivity index (χ2v) is 4.53. The first-order valence-corrected chi connectivity index (χ1v) is 5.38. The Morgan fingerprint density at radius 3 is 2.47 bits per heavy atom. The van der Waals surface area contributed by atoms with E-state index < -0.39 is 5.54 Å². The van der Waals surface area contributed by atoms with Crippen molar-refractivity contribution in [1.82, 2.24) is 5.32 Å². The smallest absolute Gasteiger partial charge is 0.251 e. The number of benzene rings is 1. The lowest BCUT2D eigenvalue weighted by Crippen LogP contribution is -2.46. The van der Waals surface area contributed by atoms with Crippen LogP contribution >= 0.6 is 0 Å². The fourth-order valence-electron chi connectivity index (χ4n) is 1.28. The summed E-state index contributed by atoms with van der Waals surface area (Å²) in [6.07, 6.45) is 0.337. The molecule has 0 heterocycles. The first-order chi connectivity index (χ1) is 7.98. The molecule has 4 nitrogen and oxygen atoms in total. The quantitative estimate of drug-likeness (QED) is 0.820. The van der Waals surface area contributed by atoms with Crippen LogP contribution < -0.4 is 5.32 Å². The molecule has 0 aliphatic rings. The van der Waals surface area contributed by atoms with E-state index >= 15 is 0 Å². The highest BCUT2D eigenvalue weighted by Crippen LogP contribution is 2.07. The van der Waals surface area contributed by atoms with Crippen LogP contribution in [0.25, 0.3) is 0 Å². The second kappa shape index (κ2) is 5.46. The van der Waals surface area contributed by atoms with Crippen LogP contribution in [0.3, 0.4) is 0 Å². The highest BCUT2D eigenvalue weighted by Gasteiger charge is 2.19.